The first-order chi connectivity index (χ1) is 18.0. The van der Waals surface area contributed by atoms with Crippen molar-refractivity contribution in [2.75, 3.05) is 17.8 Å². The largest absolute Gasteiger partial charge is 0.497 e. The van der Waals surface area contributed by atoms with Gasteiger partial charge in [-0.3, -0.25) is 14.4 Å². The summed E-state index contributed by atoms with van der Waals surface area (Å²) >= 11 is 1.25. The minimum absolute atomic E-state index is 0.0295. The van der Waals surface area contributed by atoms with Gasteiger partial charge < -0.3 is 9.64 Å². The van der Waals surface area contributed by atoms with Crippen LogP contribution >= 0.6 is 11.8 Å². The topological polar surface area (TPSA) is 104 Å². The van der Waals surface area contributed by atoms with Crippen LogP contribution in [0.5, 0.6) is 5.75 Å². The van der Waals surface area contributed by atoms with Crippen molar-refractivity contribution in [1.82, 2.24) is 9.88 Å². The fourth-order valence-corrected chi connectivity index (χ4v) is 6.52. The molecule has 1 saturated heterocycles. The first-order valence-electron chi connectivity index (χ1n) is 12.9. The van der Waals surface area contributed by atoms with Crippen molar-refractivity contribution >= 4 is 35.2 Å². The van der Waals surface area contributed by atoms with Crippen molar-refractivity contribution in [1.29, 1.82) is 5.26 Å². The van der Waals surface area contributed by atoms with Gasteiger partial charge in [-0.1, -0.05) is 31.0 Å². The average molecular weight is 519 g/mol. The highest BCUT2D eigenvalue weighted by atomic mass is 32.2. The summed E-state index contributed by atoms with van der Waals surface area (Å²) in [5.74, 6) is -0.170. The zero-order valence-electron chi connectivity index (χ0n) is 20.9. The molecule has 8 nitrogen and oxygen atoms in total. The number of aromatic nitrogens is 1. The van der Waals surface area contributed by atoms with Gasteiger partial charge in [0.15, 0.2) is 0 Å². The number of imide groups is 1. The van der Waals surface area contributed by atoms with E-state index in [0.717, 1.165) is 62.6 Å². The molecule has 3 amide bonds. The van der Waals surface area contributed by atoms with Crippen molar-refractivity contribution in [2.24, 2.45) is 0 Å². The number of carbonyl (C=O) groups excluding carboxylic acids is 3. The summed E-state index contributed by atoms with van der Waals surface area (Å²) in [7, 11) is 1.56. The van der Waals surface area contributed by atoms with E-state index in [1.165, 1.54) is 16.7 Å². The summed E-state index contributed by atoms with van der Waals surface area (Å²) in [6.45, 7) is 0. The van der Waals surface area contributed by atoms with Crippen molar-refractivity contribution in [3.05, 3.63) is 47.2 Å². The minimum Gasteiger partial charge on any atom is -0.497 e. The Morgan fingerprint density at radius 3 is 2.62 bits per heavy atom. The van der Waals surface area contributed by atoms with Crippen molar-refractivity contribution in [2.45, 2.75) is 74.9 Å². The number of ether oxygens (including phenoxy) is 1. The first kappa shape index (κ1) is 25.3. The lowest BCUT2D eigenvalue weighted by atomic mass is 9.92. The molecule has 2 aliphatic carbocycles. The number of aryl methyl sites for hydroxylation is 2. The number of hydrogen-bond acceptors (Lipinski definition) is 7. The fraction of sp³-hybridized carbons (Fsp3) is 0.464. The monoisotopic (exact) mass is 518 g/mol. The number of pyridine rings is 1. The summed E-state index contributed by atoms with van der Waals surface area (Å²) in [6.07, 6.45) is 7.53. The highest BCUT2D eigenvalue weighted by Gasteiger charge is 2.46. The zero-order chi connectivity index (χ0) is 25.9. The van der Waals surface area contributed by atoms with Crippen molar-refractivity contribution < 1.29 is 19.1 Å². The normalized spacial score (nSPS) is 19.6. The second-order valence-corrected chi connectivity index (χ2v) is 10.7. The van der Waals surface area contributed by atoms with Gasteiger partial charge in [0.25, 0.3) is 5.91 Å². The predicted molar refractivity (Wildman–Crippen MR) is 139 cm³/mol. The van der Waals surface area contributed by atoms with Gasteiger partial charge in [-0.05, 0) is 68.0 Å². The SMILES string of the molecule is COc1ccc(N2C(=O)CC(N(C(=O)CSc3nc4c(cc3C#N)CCC4)C3CCCCC3)C2=O)cc1. The molecule has 1 aromatic heterocycles. The van der Waals surface area contributed by atoms with E-state index in [1.807, 2.05) is 6.07 Å². The smallest absolute Gasteiger partial charge is 0.257 e. The third-order valence-corrected chi connectivity index (χ3v) is 8.49. The van der Waals surface area contributed by atoms with Gasteiger partial charge in [-0.15, -0.1) is 0 Å². The summed E-state index contributed by atoms with van der Waals surface area (Å²) in [6, 6.07) is 9.99. The highest BCUT2D eigenvalue weighted by Crippen LogP contribution is 2.33. The van der Waals surface area contributed by atoms with E-state index >= 15 is 0 Å². The Morgan fingerprint density at radius 2 is 1.92 bits per heavy atom. The van der Waals surface area contributed by atoms with Crippen LogP contribution in [0, 0.1) is 11.3 Å². The molecule has 1 aromatic carbocycles. The van der Waals surface area contributed by atoms with Gasteiger partial charge >= 0.3 is 0 Å². The predicted octanol–water partition coefficient (Wildman–Crippen LogP) is 4.04. The highest BCUT2D eigenvalue weighted by molar-refractivity contribution is 8.00. The number of hydrogen-bond donors (Lipinski definition) is 0. The molecule has 1 aliphatic heterocycles. The molecule has 3 aliphatic rings. The number of benzene rings is 1. The van der Waals surface area contributed by atoms with E-state index < -0.39 is 6.04 Å². The summed E-state index contributed by atoms with van der Waals surface area (Å²) < 4.78 is 5.19. The number of fused-ring (bicyclic) bond motifs is 1. The lowest BCUT2D eigenvalue weighted by Crippen LogP contribution is -2.52. The van der Waals surface area contributed by atoms with E-state index in [9.17, 15) is 19.6 Å². The van der Waals surface area contributed by atoms with Crippen LogP contribution in [0.25, 0.3) is 0 Å². The summed E-state index contributed by atoms with van der Waals surface area (Å²) in [5.41, 5.74) is 3.08. The van der Waals surface area contributed by atoms with Crippen molar-refractivity contribution in [3.63, 3.8) is 0 Å². The maximum atomic E-state index is 13.7. The first-order valence-corrected chi connectivity index (χ1v) is 13.9. The van der Waals surface area contributed by atoms with Crippen LogP contribution in [0.2, 0.25) is 0 Å². The van der Waals surface area contributed by atoms with Crippen LogP contribution in [0.1, 0.15) is 61.8 Å². The average Bonchev–Trinajstić information content (AvgIpc) is 3.50. The Hall–Kier alpha value is -3.38. The molecule has 1 atom stereocenters. The fourth-order valence-electron chi connectivity index (χ4n) is 5.67. The van der Waals surface area contributed by atoms with Crippen LogP contribution in [0.3, 0.4) is 0 Å². The number of nitriles is 1. The number of rotatable bonds is 7. The second-order valence-electron chi connectivity index (χ2n) is 9.78. The number of nitrogens with zero attached hydrogens (tertiary/aromatic N) is 4. The molecule has 0 bridgehead atoms. The third kappa shape index (κ3) is 5.08. The quantitative estimate of drug-likeness (QED) is 0.403. The van der Waals surface area contributed by atoms with Gasteiger partial charge in [-0.25, -0.2) is 9.88 Å². The van der Waals surface area contributed by atoms with Crippen LogP contribution in [-0.4, -0.2) is 52.6 Å². The van der Waals surface area contributed by atoms with Crippen LogP contribution < -0.4 is 9.64 Å². The molecule has 2 fully saturated rings. The van der Waals surface area contributed by atoms with E-state index in [0.29, 0.717) is 22.0 Å². The van der Waals surface area contributed by atoms with Gasteiger partial charge in [-0.2, -0.15) is 5.26 Å². The molecule has 192 valence electrons. The standard InChI is InChI=1S/C28H30N4O4S/c1-36-22-12-10-21(11-13-22)32-25(33)15-24(28(32)35)31(20-7-3-2-4-8-20)26(34)17-37-27-19(16-29)14-18-6-5-9-23(18)30-27/h10-14,20,24H,2-9,15,17H2,1H3. The number of carbonyl (C=O) groups is 3. The van der Waals surface area contributed by atoms with Gasteiger partial charge in [0, 0.05) is 11.7 Å². The molecule has 9 heteroatoms. The second kappa shape index (κ2) is 10.9. The maximum Gasteiger partial charge on any atom is 0.257 e. The Kier molecular flexibility index (Phi) is 7.47. The molecular weight excluding hydrogens is 488 g/mol. The van der Waals surface area contributed by atoms with Gasteiger partial charge in [0.05, 0.1) is 30.5 Å². The van der Waals surface area contributed by atoms with E-state index in [1.54, 1.807) is 36.3 Å². The molecule has 5 rings (SSSR count). The van der Waals surface area contributed by atoms with E-state index in [2.05, 4.69) is 11.1 Å². The molecule has 2 heterocycles. The lowest BCUT2D eigenvalue weighted by molar-refractivity contribution is -0.139. The number of thioether (sulfide) groups is 1. The van der Waals surface area contributed by atoms with Crippen LogP contribution in [0.15, 0.2) is 35.4 Å². The third-order valence-electron chi connectivity index (χ3n) is 7.51. The maximum absolute atomic E-state index is 13.7. The molecular formula is C28H30N4O4S. The molecule has 1 saturated carbocycles. The summed E-state index contributed by atoms with van der Waals surface area (Å²) in [5, 5.41) is 10.2. The Bertz CT molecular complexity index is 1250. The molecule has 2 aromatic rings. The van der Waals surface area contributed by atoms with E-state index in [-0.39, 0.29) is 35.9 Å². The molecule has 0 spiro atoms. The summed E-state index contributed by atoms with van der Waals surface area (Å²) in [4.78, 5) is 47.9. The Morgan fingerprint density at radius 1 is 1.16 bits per heavy atom. The van der Waals surface area contributed by atoms with Crippen LogP contribution in [0.4, 0.5) is 5.69 Å². The lowest BCUT2D eigenvalue weighted by Gasteiger charge is -2.37. The Labute approximate surface area is 221 Å². The van der Waals surface area contributed by atoms with Crippen molar-refractivity contribution in [3.8, 4) is 11.8 Å². The van der Waals surface area contributed by atoms with E-state index in [4.69, 9.17) is 4.74 Å². The molecule has 0 N–H and O–H groups in total. The number of anilines is 1. The number of methoxy groups -OCH3 is 1. The number of amides is 3. The molecule has 0 radical (unpaired) electrons. The molecule has 37 heavy (non-hydrogen) atoms. The van der Waals surface area contributed by atoms with Crippen LogP contribution in [-0.2, 0) is 27.2 Å². The zero-order valence-corrected chi connectivity index (χ0v) is 21.8. The Balaban J connectivity index is 1.37. The van der Waals surface area contributed by atoms with Gasteiger partial charge in [0.1, 0.15) is 22.9 Å². The van der Waals surface area contributed by atoms with Gasteiger partial charge in [0.2, 0.25) is 11.8 Å². The minimum atomic E-state index is -0.825. The molecule has 1 unspecified atom stereocenters.